The molecule has 3 heteroatoms. The van der Waals surface area contributed by atoms with E-state index in [2.05, 4.69) is 44.8 Å². The Morgan fingerprint density at radius 1 is 1.42 bits per heavy atom. The molecule has 0 aliphatic carbocycles. The number of amidine groups is 1. The highest BCUT2D eigenvalue weighted by atomic mass is 15.2. The average molecular weight is 265 g/mol. The number of nitrogens with zero attached hydrogens (tertiary/aromatic N) is 1. The van der Waals surface area contributed by atoms with Gasteiger partial charge in [-0.05, 0) is 51.5 Å². The SMILES string of the molecule is CCC(N/C(C)=C\C(=N)N1CCCCC1C)C(C)C. The standard InChI is InChI=1S/C16H31N3/c1-6-15(12(2)3)18-13(4)11-16(17)19-10-8-7-9-14(19)5/h11-12,14-15,17-18H,6-10H2,1-5H3/b13-11-,17-16?. The predicted octanol–water partition coefficient (Wildman–Crippen LogP) is 3.77. The summed E-state index contributed by atoms with van der Waals surface area (Å²) in [5.74, 6) is 1.28. The van der Waals surface area contributed by atoms with Gasteiger partial charge in [0.25, 0.3) is 0 Å². The van der Waals surface area contributed by atoms with Crippen molar-refractivity contribution in [2.45, 2.75) is 72.4 Å². The molecule has 2 N–H and O–H groups in total. The van der Waals surface area contributed by atoms with Crippen LogP contribution in [0.4, 0.5) is 0 Å². The van der Waals surface area contributed by atoms with Crippen molar-refractivity contribution in [3.8, 4) is 0 Å². The smallest absolute Gasteiger partial charge is 0.122 e. The van der Waals surface area contributed by atoms with Crippen molar-refractivity contribution in [3.05, 3.63) is 11.8 Å². The third kappa shape index (κ3) is 4.88. The number of nitrogens with one attached hydrogen (secondary N) is 2. The molecule has 0 amide bonds. The highest BCUT2D eigenvalue weighted by Gasteiger charge is 2.19. The first-order valence-corrected chi connectivity index (χ1v) is 7.75. The Hall–Kier alpha value is -0.990. The van der Waals surface area contributed by atoms with E-state index >= 15 is 0 Å². The number of allylic oxidation sites excluding steroid dienone is 1. The molecule has 2 atom stereocenters. The van der Waals surface area contributed by atoms with E-state index in [1.54, 1.807) is 0 Å². The Morgan fingerprint density at radius 2 is 2.11 bits per heavy atom. The van der Waals surface area contributed by atoms with Gasteiger partial charge in [-0.25, -0.2) is 0 Å². The lowest BCUT2D eigenvalue weighted by atomic mass is 10.0. The van der Waals surface area contributed by atoms with E-state index in [0.29, 0.717) is 23.8 Å². The minimum absolute atomic E-state index is 0.503. The van der Waals surface area contributed by atoms with Crippen molar-refractivity contribution in [2.75, 3.05) is 6.54 Å². The summed E-state index contributed by atoms with van der Waals surface area (Å²) in [6.45, 7) is 12.0. The van der Waals surface area contributed by atoms with E-state index in [1.165, 1.54) is 19.3 Å². The molecular formula is C16H31N3. The first-order chi connectivity index (χ1) is 8.95. The lowest BCUT2D eigenvalue weighted by Gasteiger charge is -2.34. The third-order valence-electron chi connectivity index (χ3n) is 4.12. The van der Waals surface area contributed by atoms with Crippen molar-refractivity contribution >= 4 is 5.84 Å². The quantitative estimate of drug-likeness (QED) is 0.587. The van der Waals surface area contributed by atoms with Gasteiger partial charge in [0.05, 0.1) is 0 Å². The molecule has 0 radical (unpaired) electrons. The molecule has 3 nitrogen and oxygen atoms in total. The van der Waals surface area contributed by atoms with Gasteiger partial charge in [0.15, 0.2) is 0 Å². The summed E-state index contributed by atoms with van der Waals surface area (Å²) < 4.78 is 0. The highest BCUT2D eigenvalue weighted by Crippen LogP contribution is 2.17. The van der Waals surface area contributed by atoms with Crippen molar-refractivity contribution in [2.24, 2.45) is 5.92 Å². The lowest BCUT2D eigenvalue weighted by molar-refractivity contribution is 0.258. The molecular weight excluding hydrogens is 234 g/mol. The molecule has 1 fully saturated rings. The predicted molar refractivity (Wildman–Crippen MR) is 83.6 cm³/mol. The molecule has 0 bridgehead atoms. The van der Waals surface area contributed by atoms with Crippen LogP contribution >= 0.6 is 0 Å². The topological polar surface area (TPSA) is 39.1 Å². The zero-order chi connectivity index (χ0) is 14.4. The van der Waals surface area contributed by atoms with Crippen molar-refractivity contribution in [1.29, 1.82) is 5.41 Å². The summed E-state index contributed by atoms with van der Waals surface area (Å²) in [4.78, 5) is 2.23. The number of hydrogen-bond acceptors (Lipinski definition) is 2. The molecule has 1 heterocycles. The van der Waals surface area contributed by atoms with Crippen molar-refractivity contribution < 1.29 is 0 Å². The van der Waals surface area contributed by atoms with Crippen LogP contribution in [0.3, 0.4) is 0 Å². The van der Waals surface area contributed by atoms with Gasteiger partial charge >= 0.3 is 0 Å². The molecule has 0 aromatic rings. The first-order valence-electron chi connectivity index (χ1n) is 7.75. The molecule has 0 aromatic heterocycles. The molecule has 19 heavy (non-hydrogen) atoms. The summed E-state index contributed by atoms with van der Waals surface area (Å²) >= 11 is 0. The summed E-state index contributed by atoms with van der Waals surface area (Å²) in [6.07, 6.45) is 6.85. The minimum atomic E-state index is 0.503. The zero-order valence-electron chi connectivity index (χ0n) is 13.3. The summed E-state index contributed by atoms with van der Waals surface area (Å²) in [7, 11) is 0. The van der Waals surface area contributed by atoms with Crippen molar-refractivity contribution in [3.63, 3.8) is 0 Å². The van der Waals surface area contributed by atoms with E-state index < -0.39 is 0 Å². The van der Waals surface area contributed by atoms with Gasteiger partial charge in [-0.3, -0.25) is 5.41 Å². The summed E-state index contributed by atoms with van der Waals surface area (Å²) in [5, 5.41) is 11.8. The van der Waals surface area contributed by atoms with Gasteiger partial charge in [0.2, 0.25) is 0 Å². The second-order valence-corrected chi connectivity index (χ2v) is 6.15. The number of likely N-dealkylation sites (tertiary alicyclic amines) is 1. The Bertz CT molecular complexity index is 320. The van der Waals surface area contributed by atoms with Gasteiger partial charge in [-0.2, -0.15) is 0 Å². The maximum absolute atomic E-state index is 8.26. The van der Waals surface area contributed by atoms with E-state index in [0.717, 1.165) is 18.7 Å². The van der Waals surface area contributed by atoms with Crippen LogP contribution in [0.5, 0.6) is 0 Å². The van der Waals surface area contributed by atoms with E-state index in [-0.39, 0.29) is 0 Å². The maximum atomic E-state index is 8.26. The second-order valence-electron chi connectivity index (χ2n) is 6.15. The van der Waals surface area contributed by atoms with Crippen LogP contribution < -0.4 is 5.32 Å². The highest BCUT2D eigenvalue weighted by molar-refractivity contribution is 5.91. The van der Waals surface area contributed by atoms with Gasteiger partial charge < -0.3 is 10.2 Å². The van der Waals surface area contributed by atoms with Crippen LogP contribution in [0.2, 0.25) is 0 Å². The molecule has 0 spiro atoms. The fraction of sp³-hybridized carbons (Fsp3) is 0.812. The Balaban J connectivity index is 2.59. The van der Waals surface area contributed by atoms with Crippen LogP contribution in [0, 0.1) is 11.3 Å². The van der Waals surface area contributed by atoms with E-state index in [9.17, 15) is 0 Å². The Kier molecular flexibility index (Phi) is 6.40. The van der Waals surface area contributed by atoms with Gasteiger partial charge in [-0.15, -0.1) is 0 Å². The van der Waals surface area contributed by atoms with E-state index in [4.69, 9.17) is 5.41 Å². The number of rotatable bonds is 5. The van der Waals surface area contributed by atoms with Crippen LogP contribution in [0.25, 0.3) is 0 Å². The van der Waals surface area contributed by atoms with Crippen LogP contribution in [-0.4, -0.2) is 29.4 Å². The molecule has 1 aliphatic heterocycles. The average Bonchev–Trinajstić information content (AvgIpc) is 2.35. The summed E-state index contributed by atoms with van der Waals surface area (Å²) in [6, 6.07) is 1.01. The molecule has 1 aliphatic rings. The lowest BCUT2D eigenvalue weighted by Crippen LogP contribution is -2.41. The van der Waals surface area contributed by atoms with Crippen LogP contribution in [0.15, 0.2) is 11.8 Å². The van der Waals surface area contributed by atoms with Gasteiger partial charge in [0.1, 0.15) is 5.84 Å². The zero-order valence-corrected chi connectivity index (χ0v) is 13.3. The fourth-order valence-electron chi connectivity index (χ4n) is 2.82. The monoisotopic (exact) mass is 265 g/mol. The Morgan fingerprint density at radius 3 is 2.63 bits per heavy atom. The number of piperidine rings is 1. The van der Waals surface area contributed by atoms with Gasteiger partial charge in [-0.1, -0.05) is 20.8 Å². The van der Waals surface area contributed by atoms with Crippen LogP contribution in [0.1, 0.15) is 60.3 Å². The normalized spacial score (nSPS) is 22.5. The fourth-order valence-corrected chi connectivity index (χ4v) is 2.82. The Labute approximate surface area is 119 Å². The molecule has 1 saturated heterocycles. The largest absolute Gasteiger partial charge is 0.385 e. The second kappa shape index (κ2) is 7.56. The van der Waals surface area contributed by atoms with E-state index in [1.807, 2.05) is 6.08 Å². The maximum Gasteiger partial charge on any atom is 0.122 e. The van der Waals surface area contributed by atoms with Crippen LogP contribution in [-0.2, 0) is 0 Å². The molecule has 110 valence electrons. The molecule has 0 aromatic carbocycles. The minimum Gasteiger partial charge on any atom is -0.385 e. The molecule has 2 unspecified atom stereocenters. The first kappa shape index (κ1) is 16.1. The van der Waals surface area contributed by atoms with Crippen molar-refractivity contribution in [1.82, 2.24) is 10.2 Å². The molecule has 0 saturated carbocycles. The summed E-state index contributed by atoms with van der Waals surface area (Å²) in [5.41, 5.74) is 1.11. The number of hydrogen-bond donors (Lipinski definition) is 2. The molecule has 1 rings (SSSR count). The van der Waals surface area contributed by atoms with Gasteiger partial charge in [0, 0.05) is 24.3 Å². The third-order valence-corrected chi connectivity index (χ3v) is 4.12.